The topological polar surface area (TPSA) is 13.1 Å². The van der Waals surface area contributed by atoms with E-state index in [1.54, 1.807) is 0 Å². The molecule has 10 aromatic rings. The fourth-order valence-corrected chi connectivity index (χ4v) is 9.45. The Labute approximate surface area is 301 Å². The van der Waals surface area contributed by atoms with E-state index in [9.17, 15) is 0 Å². The molecule has 0 aliphatic carbocycles. The van der Waals surface area contributed by atoms with E-state index in [4.69, 9.17) is 0 Å². The maximum Gasteiger partial charge on any atom is 0.252 e. The Morgan fingerprint density at radius 2 is 0.981 bits per heavy atom. The smallest absolute Gasteiger partial charge is 0.252 e. The van der Waals surface area contributed by atoms with Crippen LogP contribution in [0.4, 0.5) is 17.1 Å². The fraction of sp³-hybridized carbons (Fsp3) is 0. The summed E-state index contributed by atoms with van der Waals surface area (Å²) in [4.78, 5) is 2.49. The number of fused-ring (bicyclic) bond motifs is 11. The lowest BCUT2D eigenvalue weighted by Gasteiger charge is -2.40. The second kappa shape index (κ2) is 10.4. The summed E-state index contributed by atoms with van der Waals surface area (Å²) in [7, 11) is 0. The predicted molar refractivity (Wildman–Crippen MR) is 220 cm³/mol. The van der Waals surface area contributed by atoms with Crippen LogP contribution >= 0.6 is 0 Å². The van der Waals surface area contributed by atoms with E-state index in [2.05, 4.69) is 196 Å². The third kappa shape index (κ3) is 3.60. The summed E-state index contributed by atoms with van der Waals surface area (Å²) in [5.74, 6) is 0. The summed E-state index contributed by atoms with van der Waals surface area (Å²) < 4.78 is 5.05. The molecule has 3 nitrogen and oxygen atoms in total. The minimum absolute atomic E-state index is 0.0681. The van der Waals surface area contributed by atoms with Gasteiger partial charge in [0.25, 0.3) is 6.71 Å². The molecule has 0 bridgehead atoms. The van der Waals surface area contributed by atoms with E-state index >= 15 is 0 Å². The minimum atomic E-state index is 0.0681. The van der Waals surface area contributed by atoms with Crippen LogP contribution in [0.2, 0.25) is 0 Å². The van der Waals surface area contributed by atoms with Crippen molar-refractivity contribution in [2.75, 3.05) is 4.90 Å². The number of hydrogen-bond acceptors (Lipinski definition) is 1. The Balaban J connectivity index is 1.23. The molecule has 52 heavy (non-hydrogen) atoms. The molecule has 0 amide bonds. The summed E-state index contributed by atoms with van der Waals surface area (Å²) in [6, 6.07) is 67.0. The Hall–Kier alpha value is -6.78. The van der Waals surface area contributed by atoms with E-state index < -0.39 is 0 Å². The van der Waals surface area contributed by atoms with E-state index in [0.29, 0.717) is 0 Å². The maximum atomic E-state index is 2.56. The zero-order valence-corrected chi connectivity index (χ0v) is 28.2. The molecule has 12 rings (SSSR count). The summed E-state index contributed by atoms with van der Waals surface area (Å²) in [5, 5.41) is 5.16. The van der Waals surface area contributed by atoms with Gasteiger partial charge in [-0.3, -0.25) is 0 Å². The molecule has 0 saturated carbocycles. The molecule has 0 atom stereocenters. The summed E-state index contributed by atoms with van der Waals surface area (Å²) in [5.41, 5.74) is 17.6. The van der Waals surface area contributed by atoms with Gasteiger partial charge in [0.1, 0.15) is 0 Å². The first-order valence-electron chi connectivity index (χ1n) is 18.1. The van der Waals surface area contributed by atoms with Gasteiger partial charge in [0.2, 0.25) is 0 Å². The lowest BCUT2D eigenvalue weighted by atomic mass is 9.33. The average Bonchev–Trinajstić information content (AvgIpc) is 3.74. The lowest BCUT2D eigenvalue weighted by molar-refractivity contribution is 1.17. The van der Waals surface area contributed by atoms with Gasteiger partial charge in [0.05, 0.1) is 22.1 Å². The third-order valence-electron chi connectivity index (χ3n) is 11.5. The number of benzene rings is 8. The van der Waals surface area contributed by atoms with E-state index in [0.717, 1.165) is 5.69 Å². The van der Waals surface area contributed by atoms with Crippen molar-refractivity contribution in [1.82, 2.24) is 9.13 Å². The highest BCUT2D eigenvalue weighted by Crippen LogP contribution is 2.45. The van der Waals surface area contributed by atoms with Crippen LogP contribution in [0.5, 0.6) is 0 Å². The average molecular weight is 660 g/mol. The molecular weight excluding hydrogens is 629 g/mol. The molecule has 0 radical (unpaired) electrons. The van der Waals surface area contributed by atoms with Gasteiger partial charge in [-0.05, 0) is 82.1 Å². The highest BCUT2D eigenvalue weighted by molar-refractivity contribution is 7.00. The van der Waals surface area contributed by atoms with Crippen molar-refractivity contribution in [3.8, 4) is 22.5 Å². The molecule has 0 saturated heterocycles. The molecule has 2 aliphatic rings. The SMILES string of the molecule is c1ccc(-c2cccc(N3c4ccccc4B4c5c3cccc5-n3c5ccccc5c5c3c4cc3c4ccccc4n(-c4ccccc4)c35)c2)cc1. The van der Waals surface area contributed by atoms with Crippen LogP contribution in [-0.2, 0) is 0 Å². The third-order valence-corrected chi connectivity index (χ3v) is 11.5. The van der Waals surface area contributed by atoms with Gasteiger partial charge in [0.15, 0.2) is 0 Å². The quantitative estimate of drug-likeness (QED) is 0.172. The zero-order chi connectivity index (χ0) is 33.9. The molecule has 8 aromatic carbocycles. The first-order valence-corrected chi connectivity index (χ1v) is 18.1. The van der Waals surface area contributed by atoms with Gasteiger partial charge in [-0.1, -0.05) is 127 Å². The molecule has 2 aliphatic heterocycles. The van der Waals surface area contributed by atoms with Crippen molar-refractivity contribution < 1.29 is 0 Å². The lowest BCUT2D eigenvalue weighted by Crippen LogP contribution is -2.60. The molecule has 0 unspecified atom stereocenters. The second-order valence-corrected chi connectivity index (χ2v) is 14.1. The second-order valence-electron chi connectivity index (χ2n) is 14.1. The van der Waals surface area contributed by atoms with Crippen molar-refractivity contribution in [3.05, 3.63) is 182 Å². The highest BCUT2D eigenvalue weighted by atomic mass is 15.2. The number of hydrogen-bond donors (Lipinski definition) is 0. The van der Waals surface area contributed by atoms with Crippen LogP contribution < -0.4 is 21.3 Å². The molecular formula is C48H30BN3. The zero-order valence-electron chi connectivity index (χ0n) is 28.2. The number of para-hydroxylation sites is 4. The van der Waals surface area contributed by atoms with Crippen LogP contribution in [-0.4, -0.2) is 15.8 Å². The Kier molecular flexibility index (Phi) is 5.58. The Morgan fingerprint density at radius 3 is 1.83 bits per heavy atom. The van der Waals surface area contributed by atoms with Crippen LogP contribution in [0, 0.1) is 0 Å². The van der Waals surface area contributed by atoms with E-state index in [1.807, 2.05) is 0 Å². The van der Waals surface area contributed by atoms with Crippen molar-refractivity contribution in [2.45, 2.75) is 0 Å². The maximum absolute atomic E-state index is 2.56. The molecule has 240 valence electrons. The van der Waals surface area contributed by atoms with Crippen LogP contribution in [0.1, 0.15) is 0 Å². The largest absolute Gasteiger partial charge is 0.311 e. The monoisotopic (exact) mass is 659 g/mol. The van der Waals surface area contributed by atoms with Crippen LogP contribution in [0.3, 0.4) is 0 Å². The van der Waals surface area contributed by atoms with E-state index in [-0.39, 0.29) is 6.71 Å². The van der Waals surface area contributed by atoms with Gasteiger partial charge in [0, 0.05) is 50.0 Å². The number of rotatable bonds is 3. The minimum Gasteiger partial charge on any atom is -0.311 e. The summed E-state index contributed by atoms with van der Waals surface area (Å²) >= 11 is 0. The van der Waals surface area contributed by atoms with Crippen molar-refractivity contribution in [1.29, 1.82) is 0 Å². The molecule has 0 spiro atoms. The van der Waals surface area contributed by atoms with Gasteiger partial charge in [-0.15, -0.1) is 0 Å². The van der Waals surface area contributed by atoms with Gasteiger partial charge in [-0.25, -0.2) is 0 Å². The molecule has 4 heterocycles. The van der Waals surface area contributed by atoms with Gasteiger partial charge >= 0.3 is 0 Å². The highest BCUT2D eigenvalue weighted by Gasteiger charge is 2.42. The normalized spacial score (nSPS) is 12.9. The standard InChI is InChI=1S/C48H30BN3/c1-3-15-31(16-4-1)32-17-13-20-34(29-32)50-42-26-12-9-23-38(42)49-39-30-37-35-21-7-10-24-40(35)51(33-18-5-2-6-19-33)47(37)45-36-22-8-11-25-41(36)52(48(39)45)44-28-14-27-43(50)46(44)49/h1-30H. The predicted octanol–water partition coefficient (Wildman–Crippen LogP) is 10.2. The van der Waals surface area contributed by atoms with E-state index in [1.165, 1.54) is 93.9 Å². The van der Waals surface area contributed by atoms with Crippen molar-refractivity contribution >= 4 is 83.8 Å². The van der Waals surface area contributed by atoms with Crippen LogP contribution in [0.15, 0.2) is 182 Å². The Bertz CT molecular complexity index is 3080. The molecule has 0 N–H and O–H groups in total. The van der Waals surface area contributed by atoms with Gasteiger partial charge in [-0.2, -0.15) is 0 Å². The van der Waals surface area contributed by atoms with Gasteiger partial charge < -0.3 is 14.0 Å². The number of aromatic nitrogens is 2. The number of nitrogens with zero attached hydrogens (tertiary/aromatic N) is 3. The number of anilines is 3. The molecule has 0 fully saturated rings. The van der Waals surface area contributed by atoms with Crippen molar-refractivity contribution in [3.63, 3.8) is 0 Å². The first kappa shape index (κ1) is 28.0. The molecule has 2 aromatic heterocycles. The van der Waals surface area contributed by atoms with Crippen LogP contribution in [0.25, 0.3) is 66.1 Å². The Morgan fingerprint density at radius 1 is 0.365 bits per heavy atom. The van der Waals surface area contributed by atoms with Crippen molar-refractivity contribution in [2.24, 2.45) is 0 Å². The molecule has 4 heteroatoms. The summed E-state index contributed by atoms with van der Waals surface area (Å²) in [6.45, 7) is 0.0681. The summed E-state index contributed by atoms with van der Waals surface area (Å²) in [6.07, 6.45) is 0. The first-order chi connectivity index (χ1) is 25.8. The fourth-order valence-electron chi connectivity index (χ4n) is 9.45.